The van der Waals surface area contributed by atoms with Crippen LogP contribution in [0.2, 0.25) is 0 Å². The number of hydrogen-bond donors (Lipinski definition) is 0. The van der Waals surface area contributed by atoms with Crippen LogP contribution >= 0.6 is 0 Å². The molecule has 3 heterocycles. The number of rotatable bonds is 3. The minimum absolute atomic E-state index is 0.00737. The zero-order chi connectivity index (χ0) is 14.7. The summed E-state index contributed by atoms with van der Waals surface area (Å²) >= 11 is 0. The first-order valence-electron chi connectivity index (χ1n) is 6.99. The maximum atomic E-state index is 12.6. The van der Waals surface area contributed by atoms with Crippen LogP contribution < -0.4 is 0 Å². The molecule has 0 unspecified atom stereocenters. The minimum Gasteiger partial charge on any atom is -0.377 e. The Bertz CT molecular complexity index is 596. The van der Waals surface area contributed by atoms with Gasteiger partial charge in [0, 0.05) is 12.7 Å². The molecular weight excluding hydrogens is 270 g/mol. The highest BCUT2D eigenvalue weighted by Crippen LogP contribution is 2.15. The molecule has 1 amide bonds. The van der Waals surface area contributed by atoms with Crippen molar-refractivity contribution in [3.63, 3.8) is 0 Å². The molecule has 7 heteroatoms. The zero-order valence-corrected chi connectivity index (χ0v) is 11.8. The standard InChI is InChI=1S/C14H17N5O2/c1-2-12-8-21-6-5-19(12)14(20)11-3-4-13(15-7-11)18-9-16-17-10-18/h3-4,7,9-10,12H,2,5-6,8H2,1H3/t12-/m0/s1. The van der Waals surface area contributed by atoms with Crippen molar-refractivity contribution in [2.45, 2.75) is 19.4 Å². The summed E-state index contributed by atoms with van der Waals surface area (Å²) in [6, 6.07) is 3.72. The highest BCUT2D eigenvalue weighted by molar-refractivity contribution is 5.94. The van der Waals surface area contributed by atoms with Crippen molar-refractivity contribution >= 4 is 5.91 Å². The van der Waals surface area contributed by atoms with Crippen LogP contribution in [0.4, 0.5) is 0 Å². The first-order chi connectivity index (χ1) is 10.3. The topological polar surface area (TPSA) is 73.1 Å². The van der Waals surface area contributed by atoms with Gasteiger partial charge in [-0.3, -0.25) is 9.36 Å². The quantitative estimate of drug-likeness (QED) is 0.839. The smallest absolute Gasteiger partial charge is 0.255 e. The van der Waals surface area contributed by atoms with Crippen LogP contribution in [0.3, 0.4) is 0 Å². The van der Waals surface area contributed by atoms with Crippen molar-refractivity contribution in [3.05, 3.63) is 36.5 Å². The number of nitrogens with zero attached hydrogens (tertiary/aromatic N) is 5. The molecule has 0 bridgehead atoms. The molecule has 1 aliphatic rings. The maximum Gasteiger partial charge on any atom is 0.255 e. The molecule has 0 aliphatic carbocycles. The zero-order valence-electron chi connectivity index (χ0n) is 11.8. The molecule has 1 atom stereocenters. The van der Waals surface area contributed by atoms with E-state index in [0.29, 0.717) is 31.1 Å². The van der Waals surface area contributed by atoms with E-state index in [2.05, 4.69) is 22.1 Å². The summed E-state index contributed by atoms with van der Waals surface area (Å²) in [5, 5.41) is 7.47. The predicted molar refractivity (Wildman–Crippen MR) is 75.1 cm³/mol. The second kappa shape index (κ2) is 6.01. The first kappa shape index (κ1) is 13.7. The molecule has 0 saturated carbocycles. The number of aromatic nitrogens is 4. The lowest BCUT2D eigenvalue weighted by molar-refractivity contribution is -0.00281. The molecule has 2 aromatic rings. The Balaban J connectivity index is 1.78. The number of amides is 1. The molecule has 0 aromatic carbocycles. The Labute approximate surface area is 122 Å². The summed E-state index contributed by atoms with van der Waals surface area (Å²) in [6.07, 6.45) is 5.62. The van der Waals surface area contributed by atoms with Gasteiger partial charge in [0.1, 0.15) is 18.5 Å². The van der Waals surface area contributed by atoms with Gasteiger partial charge >= 0.3 is 0 Å². The summed E-state index contributed by atoms with van der Waals surface area (Å²) < 4.78 is 7.12. The van der Waals surface area contributed by atoms with Gasteiger partial charge in [-0.25, -0.2) is 4.98 Å². The van der Waals surface area contributed by atoms with Crippen molar-refractivity contribution in [1.82, 2.24) is 24.6 Å². The number of ether oxygens (including phenoxy) is 1. The predicted octanol–water partition coefficient (Wildman–Crippen LogP) is 0.913. The van der Waals surface area contributed by atoms with Crippen molar-refractivity contribution in [3.8, 4) is 5.82 Å². The minimum atomic E-state index is 0.00737. The molecule has 7 nitrogen and oxygen atoms in total. The lowest BCUT2D eigenvalue weighted by atomic mass is 10.1. The van der Waals surface area contributed by atoms with Gasteiger partial charge in [0.15, 0.2) is 0 Å². The second-order valence-electron chi connectivity index (χ2n) is 4.91. The van der Waals surface area contributed by atoms with Crippen molar-refractivity contribution in [2.24, 2.45) is 0 Å². The summed E-state index contributed by atoms with van der Waals surface area (Å²) in [5.74, 6) is 0.693. The van der Waals surface area contributed by atoms with Crippen LogP contribution in [0.1, 0.15) is 23.7 Å². The Morgan fingerprint density at radius 2 is 2.19 bits per heavy atom. The van der Waals surface area contributed by atoms with E-state index in [1.165, 1.54) is 0 Å². The number of pyridine rings is 1. The molecule has 0 radical (unpaired) electrons. The van der Waals surface area contributed by atoms with Gasteiger partial charge in [0.25, 0.3) is 5.91 Å². The monoisotopic (exact) mass is 287 g/mol. The SMILES string of the molecule is CC[C@H]1COCCN1C(=O)c1ccc(-n2cnnc2)nc1. The van der Waals surface area contributed by atoms with E-state index < -0.39 is 0 Å². The third kappa shape index (κ3) is 2.78. The number of hydrogen-bond acceptors (Lipinski definition) is 5. The summed E-state index contributed by atoms with van der Waals surface area (Å²) in [5.41, 5.74) is 0.590. The Hall–Kier alpha value is -2.28. The molecule has 1 aliphatic heterocycles. The highest BCUT2D eigenvalue weighted by atomic mass is 16.5. The van der Waals surface area contributed by atoms with Crippen LogP contribution in [0, 0.1) is 0 Å². The van der Waals surface area contributed by atoms with Crippen LogP contribution in [-0.2, 0) is 4.74 Å². The van der Waals surface area contributed by atoms with Crippen molar-refractivity contribution in [2.75, 3.05) is 19.8 Å². The average molecular weight is 287 g/mol. The molecular formula is C14H17N5O2. The molecule has 0 spiro atoms. The number of carbonyl (C=O) groups excluding carboxylic acids is 1. The number of morpholine rings is 1. The molecule has 1 fully saturated rings. The van der Waals surface area contributed by atoms with Crippen molar-refractivity contribution in [1.29, 1.82) is 0 Å². The lowest BCUT2D eigenvalue weighted by Gasteiger charge is -2.35. The van der Waals surface area contributed by atoms with Gasteiger partial charge in [0.2, 0.25) is 0 Å². The molecule has 21 heavy (non-hydrogen) atoms. The first-order valence-corrected chi connectivity index (χ1v) is 6.99. The largest absolute Gasteiger partial charge is 0.377 e. The molecule has 0 N–H and O–H groups in total. The fourth-order valence-electron chi connectivity index (χ4n) is 2.41. The Morgan fingerprint density at radius 1 is 1.38 bits per heavy atom. The van der Waals surface area contributed by atoms with Gasteiger partial charge in [-0.05, 0) is 18.6 Å². The van der Waals surface area contributed by atoms with Crippen LogP contribution in [0.5, 0.6) is 0 Å². The van der Waals surface area contributed by atoms with E-state index >= 15 is 0 Å². The van der Waals surface area contributed by atoms with Crippen LogP contribution in [0.15, 0.2) is 31.0 Å². The van der Waals surface area contributed by atoms with Gasteiger partial charge < -0.3 is 9.64 Å². The van der Waals surface area contributed by atoms with E-state index in [-0.39, 0.29) is 11.9 Å². The van der Waals surface area contributed by atoms with Crippen LogP contribution in [0.25, 0.3) is 5.82 Å². The summed E-state index contributed by atoms with van der Waals surface area (Å²) in [7, 11) is 0. The third-order valence-corrected chi connectivity index (χ3v) is 3.64. The molecule has 1 saturated heterocycles. The fraction of sp³-hybridized carbons (Fsp3) is 0.429. The second-order valence-corrected chi connectivity index (χ2v) is 4.91. The number of carbonyl (C=O) groups is 1. The fourth-order valence-corrected chi connectivity index (χ4v) is 2.41. The van der Waals surface area contributed by atoms with E-state index in [0.717, 1.165) is 6.42 Å². The third-order valence-electron chi connectivity index (χ3n) is 3.64. The normalized spacial score (nSPS) is 18.7. The van der Waals surface area contributed by atoms with E-state index in [4.69, 9.17) is 4.74 Å². The summed E-state index contributed by atoms with van der Waals surface area (Å²) in [6.45, 7) is 3.89. The van der Waals surface area contributed by atoms with Crippen LogP contribution in [-0.4, -0.2) is 56.4 Å². The maximum absolute atomic E-state index is 12.6. The van der Waals surface area contributed by atoms with Gasteiger partial charge in [-0.1, -0.05) is 6.92 Å². The highest BCUT2D eigenvalue weighted by Gasteiger charge is 2.26. The van der Waals surface area contributed by atoms with Gasteiger partial charge in [0.05, 0.1) is 24.8 Å². The lowest BCUT2D eigenvalue weighted by Crippen LogP contribution is -2.48. The van der Waals surface area contributed by atoms with E-state index in [1.54, 1.807) is 35.6 Å². The Morgan fingerprint density at radius 3 is 2.86 bits per heavy atom. The van der Waals surface area contributed by atoms with Gasteiger partial charge in [-0.15, -0.1) is 10.2 Å². The summed E-state index contributed by atoms with van der Waals surface area (Å²) in [4.78, 5) is 18.7. The molecule has 2 aromatic heterocycles. The van der Waals surface area contributed by atoms with E-state index in [9.17, 15) is 4.79 Å². The van der Waals surface area contributed by atoms with Crippen molar-refractivity contribution < 1.29 is 9.53 Å². The van der Waals surface area contributed by atoms with E-state index in [1.807, 2.05) is 4.90 Å². The molecule has 3 rings (SSSR count). The Kier molecular flexibility index (Phi) is 3.92. The average Bonchev–Trinajstić information content (AvgIpc) is 3.09. The van der Waals surface area contributed by atoms with Gasteiger partial charge in [-0.2, -0.15) is 0 Å². The molecule has 110 valence electrons.